The van der Waals surface area contributed by atoms with Crippen LogP contribution < -0.4 is 5.32 Å². The molecule has 2 fully saturated rings. The van der Waals surface area contributed by atoms with Gasteiger partial charge < -0.3 is 19.7 Å². The van der Waals surface area contributed by atoms with E-state index in [-0.39, 0.29) is 42.0 Å². The van der Waals surface area contributed by atoms with Crippen molar-refractivity contribution < 1.29 is 13.9 Å². The Hall–Kier alpha value is -1.75. The van der Waals surface area contributed by atoms with Gasteiger partial charge in [0.25, 0.3) is 0 Å². The average Bonchev–Trinajstić information content (AvgIpc) is 2.81. The van der Waals surface area contributed by atoms with Crippen LogP contribution in [0.25, 0.3) is 0 Å². The number of hydrogen-bond acceptors (Lipinski definition) is 4. The SMILES string of the molecule is CN=C(NCc1ccccc1CN1CCOCC1)N1CC(C)OC(c2ccc(F)cc2)C1.I. The minimum atomic E-state index is -0.234. The molecular weight excluding hydrogens is 534 g/mol. The third kappa shape index (κ3) is 7.11. The molecule has 2 aliphatic rings. The molecule has 0 radical (unpaired) electrons. The molecule has 2 aliphatic heterocycles. The maximum Gasteiger partial charge on any atom is 0.194 e. The van der Waals surface area contributed by atoms with Crippen molar-refractivity contribution in [2.45, 2.75) is 32.2 Å². The number of hydrogen-bond donors (Lipinski definition) is 1. The maximum atomic E-state index is 13.3. The lowest BCUT2D eigenvalue weighted by Crippen LogP contribution is -2.50. The summed E-state index contributed by atoms with van der Waals surface area (Å²) in [5.74, 6) is 0.621. The summed E-state index contributed by atoms with van der Waals surface area (Å²) in [6.45, 7) is 8.68. The molecule has 1 N–H and O–H groups in total. The van der Waals surface area contributed by atoms with Gasteiger partial charge in [-0.1, -0.05) is 36.4 Å². The molecule has 2 unspecified atom stereocenters. The zero-order valence-corrected chi connectivity index (χ0v) is 21.7. The van der Waals surface area contributed by atoms with Crippen molar-refractivity contribution in [3.63, 3.8) is 0 Å². The third-order valence-corrected chi connectivity index (χ3v) is 6.07. The largest absolute Gasteiger partial charge is 0.379 e. The Morgan fingerprint density at radius 1 is 1.06 bits per heavy atom. The molecular formula is C25H34FIN4O2. The Kier molecular flexibility index (Phi) is 9.91. The molecule has 2 aromatic carbocycles. The van der Waals surface area contributed by atoms with E-state index in [2.05, 4.69) is 51.3 Å². The first-order valence-corrected chi connectivity index (χ1v) is 11.4. The summed E-state index contributed by atoms with van der Waals surface area (Å²) < 4.78 is 25.0. The van der Waals surface area contributed by atoms with Gasteiger partial charge in [0.1, 0.15) is 11.9 Å². The molecule has 2 saturated heterocycles. The van der Waals surface area contributed by atoms with E-state index >= 15 is 0 Å². The maximum absolute atomic E-state index is 13.3. The number of ether oxygens (including phenoxy) is 2. The van der Waals surface area contributed by atoms with E-state index in [1.807, 2.05) is 7.05 Å². The Bertz CT molecular complexity index is 906. The van der Waals surface area contributed by atoms with Gasteiger partial charge >= 0.3 is 0 Å². The number of halogens is 2. The van der Waals surface area contributed by atoms with E-state index in [1.165, 1.54) is 23.3 Å². The van der Waals surface area contributed by atoms with Gasteiger partial charge in [0.15, 0.2) is 5.96 Å². The topological polar surface area (TPSA) is 49.3 Å². The van der Waals surface area contributed by atoms with E-state index < -0.39 is 0 Å². The molecule has 0 bridgehead atoms. The van der Waals surface area contributed by atoms with Crippen LogP contribution in [0, 0.1) is 5.82 Å². The van der Waals surface area contributed by atoms with Crippen LogP contribution in [0.15, 0.2) is 53.5 Å². The van der Waals surface area contributed by atoms with E-state index in [1.54, 1.807) is 12.1 Å². The molecule has 2 aromatic rings. The average molecular weight is 568 g/mol. The van der Waals surface area contributed by atoms with Crippen molar-refractivity contribution in [2.24, 2.45) is 4.99 Å². The number of benzene rings is 2. The van der Waals surface area contributed by atoms with Crippen molar-refractivity contribution in [3.05, 3.63) is 71.0 Å². The lowest BCUT2D eigenvalue weighted by Gasteiger charge is -2.38. The van der Waals surface area contributed by atoms with Crippen molar-refractivity contribution in [2.75, 3.05) is 46.4 Å². The van der Waals surface area contributed by atoms with Crippen molar-refractivity contribution >= 4 is 29.9 Å². The standard InChI is InChI=1S/C25H33FN4O2.HI/c1-19-16-30(18-24(32-19)20-7-9-23(26)10-8-20)25(27-2)28-15-21-5-3-4-6-22(21)17-29-11-13-31-14-12-29;/h3-10,19,24H,11-18H2,1-2H3,(H,27,28);1H. The van der Waals surface area contributed by atoms with Gasteiger partial charge in [-0.05, 0) is 35.7 Å². The molecule has 33 heavy (non-hydrogen) atoms. The lowest BCUT2D eigenvalue weighted by atomic mass is 10.1. The Morgan fingerprint density at radius 2 is 1.76 bits per heavy atom. The van der Waals surface area contributed by atoms with Crippen LogP contribution in [-0.4, -0.2) is 68.3 Å². The first-order chi connectivity index (χ1) is 15.6. The minimum Gasteiger partial charge on any atom is -0.379 e. The van der Waals surface area contributed by atoms with Gasteiger partial charge in [-0.15, -0.1) is 24.0 Å². The molecule has 180 valence electrons. The molecule has 2 atom stereocenters. The number of morpholine rings is 2. The van der Waals surface area contributed by atoms with Crippen LogP contribution in [0.2, 0.25) is 0 Å². The van der Waals surface area contributed by atoms with E-state index in [0.717, 1.165) is 50.9 Å². The predicted molar refractivity (Wildman–Crippen MR) is 139 cm³/mol. The summed E-state index contributed by atoms with van der Waals surface area (Å²) in [7, 11) is 1.81. The first-order valence-electron chi connectivity index (χ1n) is 11.4. The summed E-state index contributed by atoms with van der Waals surface area (Å²) >= 11 is 0. The van der Waals surface area contributed by atoms with Crippen LogP contribution in [-0.2, 0) is 22.6 Å². The number of aliphatic imine (C=N–C) groups is 1. The second kappa shape index (κ2) is 12.6. The number of nitrogens with zero attached hydrogens (tertiary/aromatic N) is 3. The van der Waals surface area contributed by atoms with Crippen LogP contribution in [0.5, 0.6) is 0 Å². The smallest absolute Gasteiger partial charge is 0.194 e. The van der Waals surface area contributed by atoms with Crippen molar-refractivity contribution in [1.29, 1.82) is 0 Å². The molecule has 0 saturated carbocycles. The fourth-order valence-electron chi connectivity index (χ4n) is 4.38. The molecule has 0 aliphatic carbocycles. The van der Waals surface area contributed by atoms with Crippen molar-refractivity contribution in [3.8, 4) is 0 Å². The summed E-state index contributed by atoms with van der Waals surface area (Å²) in [4.78, 5) is 9.21. The van der Waals surface area contributed by atoms with Gasteiger partial charge in [0.05, 0.1) is 25.9 Å². The second-order valence-corrected chi connectivity index (χ2v) is 8.45. The van der Waals surface area contributed by atoms with Gasteiger partial charge in [0.2, 0.25) is 0 Å². The molecule has 4 rings (SSSR count). The molecule has 0 aromatic heterocycles. The number of guanidine groups is 1. The molecule has 2 heterocycles. The zero-order chi connectivity index (χ0) is 22.3. The van der Waals surface area contributed by atoms with Crippen LogP contribution in [0.4, 0.5) is 4.39 Å². The van der Waals surface area contributed by atoms with Gasteiger partial charge in [0, 0.05) is 39.8 Å². The highest BCUT2D eigenvalue weighted by Crippen LogP contribution is 2.25. The second-order valence-electron chi connectivity index (χ2n) is 8.45. The first kappa shape index (κ1) is 25.9. The minimum absolute atomic E-state index is 0. The molecule has 6 nitrogen and oxygen atoms in total. The highest BCUT2D eigenvalue weighted by atomic mass is 127. The van der Waals surface area contributed by atoms with Crippen LogP contribution in [0.1, 0.15) is 29.7 Å². The zero-order valence-electron chi connectivity index (χ0n) is 19.4. The highest BCUT2D eigenvalue weighted by molar-refractivity contribution is 14.0. The number of rotatable bonds is 5. The van der Waals surface area contributed by atoms with Gasteiger partial charge in [-0.3, -0.25) is 9.89 Å². The van der Waals surface area contributed by atoms with Crippen LogP contribution >= 0.6 is 24.0 Å². The van der Waals surface area contributed by atoms with Gasteiger partial charge in [-0.2, -0.15) is 0 Å². The normalized spacial score (nSPS) is 22.0. The summed E-state index contributed by atoms with van der Waals surface area (Å²) in [6, 6.07) is 15.1. The van der Waals surface area contributed by atoms with E-state index in [9.17, 15) is 4.39 Å². The third-order valence-electron chi connectivity index (χ3n) is 6.07. The van der Waals surface area contributed by atoms with Gasteiger partial charge in [-0.25, -0.2) is 4.39 Å². The highest BCUT2D eigenvalue weighted by Gasteiger charge is 2.28. The molecule has 8 heteroatoms. The summed E-state index contributed by atoms with van der Waals surface area (Å²) in [6.07, 6.45) is -0.0718. The quantitative estimate of drug-likeness (QED) is 0.338. The Morgan fingerprint density at radius 3 is 2.45 bits per heavy atom. The van der Waals surface area contributed by atoms with Crippen molar-refractivity contribution in [1.82, 2.24) is 15.1 Å². The van der Waals surface area contributed by atoms with Crippen LogP contribution in [0.3, 0.4) is 0 Å². The monoisotopic (exact) mass is 568 g/mol. The molecule has 0 amide bonds. The summed E-state index contributed by atoms with van der Waals surface area (Å²) in [5, 5.41) is 3.55. The van der Waals surface area contributed by atoms with E-state index in [4.69, 9.17) is 9.47 Å². The summed E-state index contributed by atoms with van der Waals surface area (Å²) in [5.41, 5.74) is 3.59. The Balaban J connectivity index is 0.00000306. The molecule has 0 spiro atoms. The Labute approximate surface area is 213 Å². The fraction of sp³-hybridized carbons (Fsp3) is 0.480. The van der Waals surface area contributed by atoms with E-state index in [0.29, 0.717) is 13.1 Å². The fourth-order valence-corrected chi connectivity index (χ4v) is 4.38. The number of nitrogens with one attached hydrogen (secondary N) is 1. The predicted octanol–water partition coefficient (Wildman–Crippen LogP) is 3.81. The lowest BCUT2D eigenvalue weighted by molar-refractivity contribution is -0.0605.